The maximum absolute atomic E-state index is 14.6. The minimum Gasteiger partial charge on any atom is -0.406 e. The van der Waals surface area contributed by atoms with Crippen molar-refractivity contribution in [2.24, 2.45) is 5.92 Å². The second-order valence-corrected chi connectivity index (χ2v) is 8.99. The van der Waals surface area contributed by atoms with Crippen molar-refractivity contribution in [3.8, 4) is 16.9 Å². The Morgan fingerprint density at radius 1 is 1.23 bits per heavy atom. The molecule has 10 heteroatoms. The van der Waals surface area contributed by atoms with E-state index in [4.69, 9.17) is 0 Å². The highest BCUT2D eigenvalue weighted by atomic mass is 19.4. The third-order valence-electron chi connectivity index (χ3n) is 5.81. The standard InChI is InChI=1S/C25H23F4N3O3/c1-15(2)12-32-13-17(11-30-32)20-5-3-18(9-16(20)14-33)31-23(34)24(7-8-24)21-6-4-19(10-22(21)26)35-25(27,28)29/h3-6,9-11,13-15H,7-8,12H2,1-2H3,(H,31,34). The smallest absolute Gasteiger partial charge is 0.406 e. The predicted molar refractivity (Wildman–Crippen MR) is 121 cm³/mol. The summed E-state index contributed by atoms with van der Waals surface area (Å²) in [6.45, 7) is 4.87. The van der Waals surface area contributed by atoms with Crippen LogP contribution in [-0.2, 0) is 16.8 Å². The average molecular weight is 489 g/mol. The summed E-state index contributed by atoms with van der Waals surface area (Å²) < 4.78 is 57.4. The van der Waals surface area contributed by atoms with Gasteiger partial charge in [0.15, 0.2) is 6.29 Å². The van der Waals surface area contributed by atoms with Gasteiger partial charge in [0, 0.05) is 41.2 Å². The lowest BCUT2D eigenvalue weighted by Gasteiger charge is -2.18. The first kappa shape index (κ1) is 24.4. The van der Waals surface area contributed by atoms with Crippen LogP contribution in [0.1, 0.15) is 42.6 Å². The molecule has 1 aliphatic carbocycles. The number of carbonyl (C=O) groups is 2. The van der Waals surface area contributed by atoms with Gasteiger partial charge in [-0.25, -0.2) is 4.39 Å². The number of alkyl halides is 3. The van der Waals surface area contributed by atoms with E-state index >= 15 is 0 Å². The Hall–Kier alpha value is -3.69. The molecule has 35 heavy (non-hydrogen) atoms. The molecule has 1 amide bonds. The van der Waals surface area contributed by atoms with E-state index in [0.29, 0.717) is 47.9 Å². The zero-order valence-corrected chi connectivity index (χ0v) is 19.0. The number of ether oxygens (including phenoxy) is 1. The summed E-state index contributed by atoms with van der Waals surface area (Å²) in [5, 5.41) is 7.02. The summed E-state index contributed by atoms with van der Waals surface area (Å²) in [6.07, 6.45) is -0.0908. The van der Waals surface area contributed by atoms with Gasteiger partial charge in [0.1, 0.15) is 11.6 Å². The van der Waals surface area contributed by atoms with Gasteiger partial charge in [-0.15, -0.1) is 13.2 Å². The number of benzene rings is 2. The second-order valence-electron chi connectivity index (χ2n) is 8.99. The van der Waals surface area contributed by atoms with Gasteiger partial charge < -0.3 is 10.1 Å². The molecule has 0 unspecified atom stereocenters. The maximum Gasteiger partial charge on any atom is 0.573 e. The van der Waals surface area contributed by atoms with E-state index in [0.717, 1.165) is 24.2 Å². The first-order chi connectivity index (χ1) is 16.5. The Morgan fingerprint density at radius 3 is 2.57 bits per heavy atom. The molecular formula is C25H23F4N3O3. The Morgan fingerprint density at radius 2 is 1.97 bits per heavy atom. The van der Waals surface area contributed by atoms with Crippen molar-refractivity contribution in [1.82, 2.24) is 9.78 Å². The molecule has 0 spiro atoms. The molecule has 6 nitrogen and oxygen atoms in total. The number of hydrogen-bond acceptors (Lipinski definition) is 4. The number of halogens is 4. The van der Waals surface area contributed by atoms with Crippen molar-refractivity contribution in [3.63, 3.8) is 0 Å². The first-order valence-corrected chi connectivity index (χ1v) is 11.0. The number of anilines is 1. The van der Waals surface area contributed by atoms with Gasteiger partial charge in [-0.1, -0.05) is 26.0 Å². The highest BCUT2D eigenvalue weighted by Crippen LogP contribution is 2.50. The van der Waals surface area contributed by atoms with Crippen molar-refractivity contribution in [2.75, 3.05) is 5.32 Å². The molecular weight excluding hydrogens is 466 g/mol. The molecule has 0 atom stereocenters. The first-order valence-electron chi connectivity index (χ1n) is 11.0. The number of carbonyl (C=O) groups excluding carboxylic acids is 2. The Labute approximate surface area is 198 Å². The van der Waals surface area contributed by atoms with Crippen molar-refractivity contribution in [3.05, 3.63) is 65.7 Å². The molecule has 1 saturated carbocycles. The number of nitrogens with one attached hydrogen (secondary N) is 1. The molecule has 1 aliphatic rings. The van der Waals surface area contributed by atoms with Crippen LogP contribution in [-0.4, -0.2) is 28.3 Å². The van der Waals surface area contributed by atoms with Gasteiger partial charge in [0.2, 0.25) is 5.91 Å². The minimum absolute atomic E-state index is 0.00526. The van der Waals surface area contributed by atoms with E-state index in [9.17, 15) is 27.2 Å². The van der Waals surface area contributed by atoms with E-state index in [-0.39, 0.29) is 5.56 Å². The second kappa shape index (κ2) is 9.16. The van der Waals surface area contributed by atoms with Gasteiger partial charge in [0.25, 0.3) is 0 Å². The number of aldehydes is 1. The van der Waals surface area contributed by atoms with Gasteiger partial charge in [-0.05, 0) is 42.5 Å². The number of aromatic nitrogens is 2. The van der Waals surface area contributed by atoms with Crippen LogP contribution in [0.3, 0.4) is 0 Å². The molecule has 0 bridgehead atoms. The molecule has 1 aromatic heterocycles. The van der Waals surface area contributed by atoms with E-state index < -0.39 is 29.3 Å². The predicted octanol–water partition coefficient (Wildman–Crippen LogP) is 5.73. The lowest BCUT2D eigenvalue weighted by Crippen LogP contribution is -2.29. The summed E-state index contributed by atoms with van der Waals surface area (Å²) in [4.78, 5) is 24.8. The minimum atomic E-state index is -4.95. The molecule has 0 radical (unpaired) electrons. The van der Waals surface area contributed by atoms with Crippen molar-refractivity contribution in [1.29, 1.82) is 0 Å². The Bertz CT molecular complexity index is 1260. The molecule has 0 saturated heterocycles. The Balaban J connectivity index is 1.53. The zero-order valence-electron chi connectivity index (χ0n) is 19.0. The zero-order chi connectivity index (χ0) is 25.4. The van der Waals surface area contributed by atoms with Crippen molar-refractivity contribution in [2.45, 2.75) is 45.0 Å². The summed E-state index contributed by atoms with van der Waals surface area (Å²) >= 11 is 0. The lowest BCUT2D eigenvalue weighted by molar-refractivity contribution is -0.274. The normalized spacial score (nSPS) is 14.6. The van der Waals surface area contributed by atoms with Gasteiger partial charge in [0.05, 0.1) is 11.6 Å². The van der Waals surface area contributed by atoms with E-state index in [1.807, 2.05) is 6.20 Å². The maximum atomic E-state index is 14.6. The molecule has 1 heterocycles. The van der Waals surface area contributed by atoms with Crippen LogP contribution in [0.25, 0.3) is 11.1 Å². The van der Waals surface area contributed by atoms with Crippen LogP contribution >= 0.6 is 0 Å². The van der Waals surface area contributed by atoms with Crippen molar-refractivity contribution < 1.29 is 31.9 Å². The molecule has 1 N–H and O–H groups in total. The molecule has 184 valence electrons. The molecule has 3 aromatic rings. The number of amides is 1. The topological polar surface area (TPSA) is 73.2 Å². The largest absolute Gasteiger partial charge is 0.573 e. The average Bonchev–Trinajstić information content (AvgIpc) is 3.45. The molecule has 2 aromatic carbocycles. The van der Waals surface area contributed by atoms with Crippen LogP contribution in [0.15, 0.2) is 48.8 Å². The van der Waals surface area contributed by atoms with Crippen LogP contribution in [0.4, 0.5) is 23.2 Å². The summed E-state index contributed by atoms with van der Waals surface area (Å²) in [5.74, 6) is -1.76. The SMILES string of the molecule is CC(C)Cn1cc(-c2ccc(NC(=O)C3(c4ccc(OC(F)(F)F)cc4F)CC3)cc2C=O)cn1. The fourth-order valence-corrected chi connectivity index (χ4v) is 4.05. The molecule has 1 fully saturated rings. The summed E-state index contributed by atoms with van der Waals surface area (Å²) in [7, 11) is 0. The number of rotatable bonds is 8. The highest BCUT2D eigenvalue weighted by Gasteiger charge is 2.53. The third-order valence-corrected chi connectivity index (χ3v) is 5.81. The fraction of sp³-hybridized carbons (Fsp3) is 0.320. The van der Waals surface area contributed by atoms with Crippen LogP contribution in [0.5, 0.6) is 5.75 Å². The monoisotopic (exact) mass is 489 g/mol. The van der Waals surface area contributed by atoms with Gasteiger partial charge in [-0.2, -0.15) is 5.10 Å². The van der Waals surface area contributed by atoms with Crippen LogP contribution in [0, 0.1) is 11.7 Å². The van der Waals surface area contributed by atoms with E-state index in [1.165, 1.54) is 6.07 Å². The van der Waals surface area contributed by atoms with Crippen LogP contribution in [0.2, 0.25) is 0 Å². The lowest BCUT2D eigenvalue weighted by atomic mass is 9.94. The van der Waals surface area contributed by atoms with E-state index in [2.05, 4.69) is 29.0 Å². The summed E-state index contributed by atoms with van der Waals surface area (Å²) in [5.41, 5.74) is 0.900. The fourth-order valence-electron chi connectivity index (χ4n) is 4.05. The summed E-state index contributed by atoms with van der Waals surface area (Å²) in [6, 6.07) is 7.59. The highest BCUT2D eigenvalue weighted by molar-refractivity contribution is 6.02. The van der Waals surface area contributed by atoms with Crippen LogP contribution < -0.4 is 10.1 Å². The quantitative estimate of drug-likeness (QED) is 0.324. The van der Waals surface area contributed by atoms with Crippen molar-refractivity contribution >= 4 is 17.9 Å². The number of nitrogens with zero attached hydrogens (tertiary/aromatic N) is 2. The third kappa shape index (κ3) is 5.36. The van der Waals surface area contributed by atoms with Gasteiger partial charge >= 0.3 is 6.36 Å². The van der Waals surface area contributed by atoms with E-state index in [1.54, 1.807) is 23.0 Å². The molecule has 4 rings (SSSR count). The molecule has 0 aliphatic heterocycles. The number of hydrogen-bond donors (Lipinski definition) is 1. The Kier molecular flexibility index (Phi) is 6.40. The van der Waals surface area contributed by atoms with Gasteiger partial charge in [-0.3, -0.25) is 14.3 Å².